The minimum atomic E-state index is 0.0833. The van der Waals surface area contributed by atoms with Gasteiger partial charge >= 0.3 is 0 Å². The number of rotatable bonds is 6. The first-order valence-electron chi connectivity index (χ1n) is 8.80. The molecule has 0 amide bonds. The van der Waals surface area contributed by atoms with Crippen LogP contribution in [0, 0.1) is 0 Å². The third kappa shape index (κ3) is 3.97. The second kappa shape index (κ2) is 7.92. The number of ketones is 2. The van der Waals surface area contributed by atoms with Crippen molar-refractivity contribution in [3.63, 3.8) is 0 Å². The monoisotopic (exact) mass is 342 g/mol. The summed E-state index contributed by atoms with van der Waals surface area (Å²) in [5.74, 6) is 0.167. The lowest BCUT2D eigenvalue weighted by Gasteiger charge is -2.13. The summed E-state index contributed by atoms with van der Waals surface area (Å²) < 4.78 is 0. The van der Waals surface area contributed by atoms with E-state index < -0.39 is 0 Å². The summed E-state index contributed by atoms with van der Waals surface area (Å²) in [5, 5.41) is 0. The minimum absolute atomic E-state index is 0.0833. The number of hydrogen-bond acceptors (Lipinski definition) is 2. The third-order valence-corrected chi connectivity index (χ3v) is 4.67. The van der Waals surface area contributed by atoms with Crippen LogP contribution in [0.5, 0.6) is 0 Å². The summed E-state index contributed by atoms with van der Waals surface area (Å²) in [6.45, 7) is 3.21. The molecule has 0 aliphatic carbocycles. The summed E-state index contributed by atoms with van der Waals surface area (Å²) in [6.07, 6.45) is 1.41. The van der Waals surface area contributed by atoms with E-state index in [0.717, 1.165) is 22.3 Å². The zero-order valence-electron chi connectivity index (χ0n) is 15.2. The average molecular weight is 342 g/mol. The molecule has 0 saturated heterocycles. The molecule has 0 spiro atoms. The molecule has 0 aliphatic heterocycles. The van der Waals surface area contributed by atoms with Crippen LogP contribution in [0.2, 0.25) is 0 Å². The van der Waals surface area contributed by atoms with Gasteiger partial charge in [0.2, 0.25) is 0 Å². The molecule has 2 heteroatoms. The lowest BCUT2D eigenvalue weighted by atomic mass is 9.91. The van der Waals surface area contributed by atoms with Gasteiger partial charge in [-0.15, -0.1) is 0 Å². The Morgan fingerprint density at radius 3 is 1.19 bits per heavy atom. The molecule has 130 valence electrons. The van der Waals surface area contributed by atoms with Crippen LogP contribution < -0.4 is 0 Å². The topological polar surface area (TPSA) is 34.1 Å². The van der Waals surface area contributed by atoms with Gasteiger partial charge in [0.15, 0.2) is 11.6 Å². The fourth-order valence-electron chi connectivity index (χ4n) is 3.35. The van der Waals surface area contributed by atoms with E-state index in [1.165, 1.54) is 11.1 Å². The molecule has 3 aromatic rings. The lowest BCUT2D eigenvalue weighted by Crippen LogP contribution is -2.04. The molecule has 0 radical (unpaired) electrons. The standard InChI is InChI=1S/C24H22O2/c1-17(25)23-13-7-5-11-21(23)15-19-9-3-4-10-20(19)16-22-12-6-8-14-24(22)18(2)26/h3-14H,15-16H2,1-2H3. The van der Waals surface area contributed by atoms with Gasteiger partial charge in [0.25, 0.3) is 0 Å². The zero-order valence-corrected chi connectivity index (χ0v) is 15.2. The number of hydrogen-bond donors (Lipinski definition) is 0. The smallest absolute Gasteiger partial charge is 0.160 e. The Kier molecular flexibility index (Phi) is 5.43. The van der Waals surface area contributed by atoms with Crippen molar-refractivity contribution in [3.8, 4) is 0 Å². The zero-order chi connectivity index (χ0) is 18.5. The molecule has 26 heavy (non-hydrogen) atoms. The molecule has 0 unspecified atom stereocenters. The highest BCUT2D eigenvalue weighted by Crippen LogP contribution is 2.22. The van der Waals surface area contributed by atoms with E-state index in [9.17, 15) is 9.59 Å². The van der Waals surface area contributed by atoms with Gasteiger partial charge in [0.1, 0.15) is 0 Å². The molecular weight excluding hydrogens is 320 g/mol. The maximum atomic E-state index is 11.9. The largest absolute Gasteiger partial charge is 0.295 e. The summed E-state index contributed by atoms with van der Waals surface area (Å²) in [4.78, 5) is 23.8. The van der Waals surface area contributed by atoms with Crippen molar-refractivity contribution < 1.29 is 9.59 Å². The molecule has 3 rings (SSSR count). The quantitative estimate of drug-likeness (QED) is 0.572. The fraction of sp³-hybridized carbons (Fsp3) is 0.167. The highest BCUT2D eigenvalue weighted by Gasteiger charge is 2.12. The average Bonchev–Trinajstić information content (AvgIpc) is 2.64. The Bertz CT molecular complexity index is 875. The molecule has 0 aliphatic rings. The Morgan fingerprint density at radius 2 is 0.846 bits per heavy atom. The van der Waals surface area contributed by atoms with Gasteiger partial charge in [-0.1, -0.05) is 72.8 Å². The molecule has 3 aromatic carbocycles. The molecule has 0 saturated carbocycles. The minimum Gasteiger partial charge on any atom is -0.295 e. The van der Waals surface area contributed by atoms with E-state index in [1.807, 2.05) is 60.7 Å². The lowest BCUT2D eigenvalue weighted by molar-refractivity contribution is 0.100. The number of carbonyl (C=O) groups excluding carboxylic acids is 2. The van der Waals surface area contributed by atoms with Crippen molar-refractivity contribution in [3.05, 3.63) is 106 Å². The van der Waals surface area contributed by atoms with Gasteiger partial charge in [-0.25, -0.2) is 0 Å². The predicted molar refractivity (Wildman–Crippen MR) is 105 cm³/mol. The maximum Gasteiger partial charge on any atom is 0.160 e. The second-order valence-electron chi connectivity index (χ2n) is 6.55. The first-order valence-corrected chi connectivity index (χ1v) is 8.80. The van der Waals surface area contributed by atoms with Crippen LogP contribution in [0.25, 0.3) is 0 Å². The predicted octanol–water partition coefficient (Wildman–Crippen LogP) is 5.27. The third-order valence-electron chi connectivity index (χ3n) is 4.67. The highest BCUT2D eigenvalue weighted by molar-refractivity contribution is 5.96. The first kappa shape index (κ1) is 17.8. The normalized spacial score (nSPS) is 10.5. The Balaban J connectivity index is 1.96. The van der Waals surface area contributed by atoms with E-state index in [1.54, 1.807) is 13.8 Å². The van der Waals surface area contributed by atoms with E-state index in [2.05, 4.69) is 12.1 Å². The fourth-order valence-corrected chi connectivity index (χ4v) is 3.35. The molecule has 2 nitrogen and oxygen atoms in total. The van der Waals surface area contributed by atoms with Crippen LogP contribution in [0.1, 0.15) is 56.8 Å². The summed E-state index contributed by atoms with van der Waals surface area (Å²) >= 11 is 0. The molecule has 0 bridgehead atoms. The molecular formula is C24H22O2. The van der Waals surface area contributed by atoms with E-state index in [4.69, 9.17) is 0 Å². The van der Waals surface area contributed by atoms with Crippen LogP contribution >= 0.6 is 0 Å². The van der Waals surface area contributed by atoms with Crippen molar-refractivity contribution in [1.29, 1.82) is 0 Å². The van der Waals surface area contributed by atoms with Crippen molar-refractivity contribution >= 4 is 11.6 Å². The Morgan fingerprint density at radius 1 is 0.538 bits per heavy atom. The highest BCUT2D eigenvalue weighted by atomic mass is 16.1. The van der Waals surface area contributed by atoms with Crippen molar-refractivity contribution in [1.82, 2.24) is 0 Å². The Hall–Kier alpha value is -3.00. The van der Waals surface area contributed by atoms with Crippen molar-refractivity contribution in [2.75, 3.05) is 0 Å². The van der Waals surface area contributed by atoms with Crippen molar-refractivity contribution in [2.24, 2.45) is 0 Å². The first-order chi connectivity index (χ1) is 12.6. The summed E-state index contributed by atoms with van der Waals surface area (Å²) in [5.41, 5.74) is 5.97. The maximum absolute atomic E-state index is 11.9. The van der Waals surface area contributed by atoms with Crippen molar-refractivity contribution in [2.45, 2.75) is 26.7 Å². The van der Waals surface area contributed by atoms with Crippen LogP contribution in [0.4, 0.5) is 0 Å². The van der Waals surface area contributed by atoms with Crippen LogP contribution in [-0.2, 0) is 12.8 Å². The van der Waals surface area contributed by atoms with Gasteiger partial charge in [0.05, 0.1) is 0 Å². The summed E-state index contributed by atoms with van der Waals surface area (Å²) in [7, 11) is 0. The Labute approximate surface area is 154 Å². The van der Waals surface area contributed by atoms with E-state index >= 15 is 0 Å². The number of Topliss-reactive ketones (excluding diaryl/α,β-unsaturated/α-hetero) is 2. The molecule has 0 fully saturated rings. The summed E-state index contributed by atoms with van der Waals surface area (Å²) in [6, 6.07) is 23.8. The number of benzene rings is 3. The molecule has 0 aromatic heterocycles. The van der Waals surface area contributed by atoms with Gasteiger partial charge in [-0.3, -0.25) is 9.59 Å². The van der Waals surface area contributed by atoms with Gasteiger partial charge < -0.3 is 0 Å². The number of carbonyl (C=O) groups is 2. The second-order valence-corrected chi connectivity index (χ2v) is 6.55. The van der Waals surface area contributed by atoms with Gasteiger partial charge in [-0.2, -0.15) is 0 Å². The van der Waals surface area contributed by atoms with Gasteiger partial charge in [-0.05, 0) is 48.9 Å². The molecule has 0 N–H and O–H groups in total. The van der Waals surface area contributed by atoms with Crippen LogP contribution in [0.3, 0.4) is 0 Å². The van der Waals surface area contributed by atoms with Crippen LogP contribution in [0.15, 0.2) is 72.8 Å². The van der Waals surface area contributed by atoms with E-state index in [0.29, 0.717) is 12.8 Å². The van der Waals surface area contributed by atoms with E-state index in [-0.39, 0.29) is 11.6 Å². The SMILES string of the molecule is CC(=O)c1ccccc1Cc1ccccc1Cc1ccccc1C(C)=O. The van der Waals surface area contributed by atoms with Crippen LogP contribution in [-0.4, -0.2) is 11.6 Å². The molecule has 0 atom stereocenters. The molecule has 0 heterocycles. The van der Waals surface area contributed by atoms with Gasteiger partial charge in [0, 0.05) is 11.1 Å².